The van der Waals surface area contributed by atoms with Crippen LogP contribution >= 0.6 is 0 Å². The molecule has 1 aromatic carbocycles. The number of likely N-dealkylation sites (tertiary alicyclic amines) is 1. The minimum atomic E-state index is -4.36. The van der Waals surface area contributed by atoms with Crippen LogP contribution in [0, 0.1) is 0 Å². The Bertz CT molecular complexity index is 519. The van der Waals surface area contributed by atoms with Crippen LogP contribution in [0.3, 0.4) is 0 Å². The Morgan fingerprint density at radius 2 is 1.75 bits per heavy atom. The minimum absolute atomic E-state index is 0.0501. The van der Waals surface area contributed by atoms with Crippen LogP contribution in [-0.2, 0) is 20.5 Å². The van der Waals surface area contributed by atoms with Gasteiger partial charge in [0.2, 0.25) is 0 Å². The molecule has 1 fully saturated rings. The molecule has 2 rings (SSSR count). The first kappa shape index (κ1) is 14.4. The zero-order valence-corrected chi connectivity index (χ0v) is 10.6. The van der Waals surface area contributed by atoms with Crippen molar-refractivity contribution in [3.63, 3.8) is 0 Å². The Kier molecular flexibility index (Phi) is 3.69. The van der Waals surface area contributed by atoms with Crippen molar-refractivity contribution in [2.24, 2.45) is 0 Å². The molecule has 1 amide bonds. The van der Waals surface area contributed by atoms with Crippen molar-refractivity contribution in [3.8, 4) is 0 Å². The van der Waals surface area contributed by atoms with Crippen molar-refractivity contribution in [1.82, 2.24) is 4.90 Å². The molecule has 0 bridgehead atoms. The van der Waals surface area contributed by atoms with Crippen LogP contribution in [0.5, 0.6) is 0 Å². The summed E-state index contributed by atoms with van der Waals surface area (Å²) in [5.74, 6) is -1.71. The van der Waals surface area contributed by atoms with Gasteiger partial charge in [-0.2, -0.15) is 13.2 Å². The van der Waals surface area contributed by atoms with E-state index in [4.69, 9.17) is 0 Å². The molecular formula is C13H12F3NO3. The first-order valence-corrected chi connectivity index (χ1v) is 5.87. The summed E-state index contributed by atoms with van der Waals surface area (Å²) in [4.78, 5) is 23.7. The lowest BCUT2D eigenvalue weighted by molar-refractivity contribution is -0.160. The predicted molar refractivity (Wildman–Crippen MR) is 62.8 cm³/mol. The van der Waals surface area contributed by atoms with Crippen LogP contribution in [0.4, 0.5) is 13.2 Å². The van der Waals surface area contributed by atoms with E-state index in [2.05, 4.69) is 4.74 Å². The van der Waals surface area contributed by atoms with Crippen molar-refractivity contribution in [2.75, 3.05) is 20.2 Å². The van der Waals surface area contributed by atoms with E-state index in [1.165, 1.54) is 17.0 Å². The first-order valence-electron chi connectivity index (χ1n) is 5.87. The van der Waals surface area contributed by atoms with E-state index in [-0.39, 0.29) is 5.92 Å². The molecule has 7 heteroatoms. The molecule has 0 saturated carbocycles. The van der Waals surface area contributed by atoms with E-state index in [1.807, 2.05) is 0 Å². The highest BCUT2D eigenvalue weighted by molar-refractivity contribution is 6.32. The number of hydrogen-bond donors (Lipinski definition) is 0. The van der Waals surface area contributed by atoms with Gasteiger partial charge in [-0.25, -0.2) is 4.79 Å². The summed E-state index contributed by atoms with van der Waals surface area (Å²) >= 11 is 0. The van der Waals surface area contributed by atoms with Gasteiger partial charge in [0.1, 0.15) is 0 Å². The number of carbonyl (C=O) groups excluding carboxylic acids is 2. The van der Waals surface area contributed by atoms with E-state index in [1.54, 1.807) is 0 Å². The van der Waals surface area contributed by atoms with Crippen LogP contribution in [0.25, 0.3) is 0 Å². The summed E-state index contributed by atoms with van der Waals surface area (Å²) in [5.41, 5.74) is 0.00924. The molecule has 4 nitrogen and oxygen atoms in total. The van der Waals surface area contributed by atoms with E-state index in [0.29, 0.717) is 18.7 Å². The van der Waals surface area contributed by atoms with Crippen molar-refractivity contribution < 1.29 is 27.5 Å². The third-order valence-electron chi connectivity index (χ3n) is 3.24. The number of nitrogens with zero attached hydrogens (tertiary/aromatic N) is 1. The topological polar surface area (TPSA) is 46.6 Å². The summed E-state index contributed by atoms with van der Waals surface area (Å²) in [6, 6.07) is 4.82. The second-order valence-corrected chi connectivity index (χ2v) is 4.52. The number of esters is 1. The van der Waals surface area contributed by atoms with E-state index in [0.717, 1.165) is 19.2 Å². The number of benzene rings is 1. The van der Waals surface area contributed by atoms with E-state index >= 15 is 0 Å². The third-order valence-corrected chi connectivity index (χ3v) is 3.24. The van der Waals surface area contributed by atoms with E-state index < -0.39 is 23.6 Å². The zero-order valence-electron chi connectivity index (χ0n) is 10.6. The van der Waals surface area contributed by atoms with Gasteiger partial charge in [0.25, 0.3) is 0 Å². The van der Waals surface area contributed by atoms with Crippen molar-refractivity contribution in [3.05, 3.63) is 35.4 Å². The van der Waals surface area contributed by atoms with Gasteiger partial charge < -0.3 is 9.64 Å². The van der Waals surface area contributed by atoms with Crippen LogP contribution in [-0.4, -0.2) is 37.0 Å². The molecule has 1 saturated heterocycles. The van der Waals surface area contributed by atoms with E-state index in [9.17, 15) is 22.8 Å². The molecule has 0 N–H and O–H groups in total. The second kappa shape index (κ2) is 5.15. The Morgan fingerprint density at radius 1 is 1.20 bits per heavy atom. The number of hydrogen-bond acceptors (Lipinski definition) is 3. The van der Waals surface area contributed by atoms with Gasteiger partial charge in [0.05, 0.1) is 12.7 Å². The number of ether oxygens (including phenoxy) is 1. The molecule has 1 heterocycles. The molecule has 1 aliphatic heterocycles. The lowest BCUT2D eigenvalue weighted by Gasteiger charge is -2.38. The van der Waals surface area contributed by atoms with Crippen molar-refractivity contribution >= 4 is 11.9 Å². The highest BCUT2D eigenvalue weighted by Crippen LogP contribution is 2.32. The first-order chi connectivity index (χ1) is 9.32. The fourth-order valence-electron chi connectivity index (χ4n) is 2.02. The van der Waals surface area contributed by atoms with Gasteiger partial charge in [-0.1, -0.05) is 12.1 Å². The van der Waals surface area contributed by atoms with Crippen molar-refractivity contribution in [1.29, 1.82) is 0 Å². The average molecular weight is 287 g/mol. The maximum atomic E-state index is 12.4. The van der Waals surface area contributed by atoms with Gasteiger partial charge in [0.15, 0.2) is 0 Å². The zero-order chi connectivity index (χ0) is 14.9. The molecule has 0 atom stereocenters. The molecule has 108 valence electrons. The summed E-state index contributed by atoms with van der Waals surface area (Å²) in [6.07, 6.45) is -4.36. The van der Waals surface area contributed by atoms with Crippen LogP contribution in [0.15, 0.2) is 24.3 Å². The lowest BCUT2D eigenvalue weighted by atomic mass is 9.91. The molecule has 0 unspecified atom stereocenters. The Labute approximate surface area is 113 Å². The molecular weight excluding hydrogens is 275 g/mol. The molecule has 0 radical (unpaired) electrons. The molecule has 1 aromatic rings. The quantitative estimate of drug-likeness (QED) is 0.584. The number of carbonyl (C=O) groups is 2. The fourth-order valence-corrected chi connectivity index (χ4v) is 2.02. The van der Waals surface area contributed by atoms with Crippen LogP contribution in [0.2, 0.25) is 0 Å². The van der Waals surface area contributed by atoms with Crippen LogP contribution < -0.4 is 0 Å². The van der Waals surface area contributed by atoms with Gasteiger partial charge in [-0.15, -0.1) is 0 Å². The Hall–Kier alpha value is -2.05. The lowest BCUT2D eigenvalue weighted by Crippen LogP contribution is -2.51. The molecule has 1 aliphatic rings. The Morgan fingerprint density at radius 3 is 2.20 bits per heavy atom. The largest absolute Gasteiger partial charge is 0.462 e. The highest BCUT2D eigenvalue weighted by atomic mass is 19.4. The fraction of sp³-hybridized carbons (Fsp3) is 0.385. The van der Waals surface area contributed by atoms with Gasteiger partial charge in [-0.3, -0.25) is 4.79 Å². The van der Waals surface area contributed by atoms with Gasteiger partial charge in [-0.05, 0) is 17.7 Å². The molecule has 20 heavy (non-hydrogen) atoms. The molecule has 0 spiro atoms. The summed E-state index contributed by atoms with van der Waals surface area (Å²) in [6.45, 7) is 0.610. The smallest absolute Gasteiger partial charge is 0.416 e. The Balaban J connectivity index is 1.96. The van der Waals surface area contributed by atoms with Gasteiger partial charge >= 0.3 is 18.1 Å². The maximum Gasteiger partial charge on any atom is 0.416 e. The van der Waals surface area contributed by atoms with Gasteiger partial charge in [0, 0.05) is 19.0 Å². The maximum absolute atomic E-state index is 12.4. The minimum Gasteiger partial charge on any atom is -0.462 e. The summed E-state index contributed by atoms with van der Waals surface area (Å²) in [7, 11) is 1.12. The van der Waals surface area contributed by atoms with Crippen molar-refractivity contribution in [2.45, 2.75) is 12.1 Å². The monoisotopic (exact) mass is 287 g/mol. The third kappa shape index (κ3) is 2.76. The number of halogens is 3. The predicted octanol–water partition coefficient (Wildman–Crippen LogP) is 1.80. The normalized spacial score (nSPS) is 15.7. The number of rotatable bonds is 1. The van der Waals surface area contributed by atoms with Crippen LogP contribution in [0.1, 0.15) is 17.0 Å². The second-order valence-electron chi connectivity index (χ2n) is 4.52. The summed E-state index contributed by atoms with van der Waals surface area (Å²) in [5, 5.41) is 0. The number of amides is 1. The number of alkyl halides is 3. The standard InChI is InChI=1S/C13H12F3NO3/c1-20-12(19)11(18)17-6-9(7-17)8-2-4-10(5-3-8)13(14,15)16/h2-5,9H,6-7H2,1H3. The SMILES string of the molecule is COC(=O)C(=O)N1CC(c2ccc(C(F)(F)F)cc2)C1. The molecule has 0 aliphatic carbocycles. The average Bonchev–Trinajstić information content (AvgIpc) is 2.35. The number of methoxy groups -OCH3 is 1. The molecule has 0 aromatic heterocycles. The summed E-state index contributed by atoms with van der Waals surface area (Å²) < 4.78 is 41.5. The highest BCUT2D eigenvalue weighted by Gasteiger charge is 2.36.